The average Bonchev–Trinajstić information content (AvgIpc) is 3.08. The molecule has 0 unspecified atom stereocenters. The van der Waals surface area contributed by atoms with E-state index in [9.17, 15) is 14.4 Å². The maximum atomic E-state index is 13.1. The van der Waals surface area contributed by atoms with E-state index in [4.69, 9.17) is 21.1 Å². The number of aryl methyl sites for hydroxylation is 1. The number of nitrogens with zero attached hydrogens (tertiary/aromatic N) is 2. The second-order valence-electron chi connectivity index (χ2n) is 7.42. The van der Waals surface area contributed by atoms with Crippen LogP contribution in [0.1, 0.15) is 45.4 Å². The number of aromatic nitrogens is 3. The number of nitrogens with one attached hydrogen (secondary N) is 1. The van der Waals surface area contributed by atoms with Crippen LogP contribution in [-0.2, 0) is 16.0 Å². The first-order valence-corrected chi connectivity index (χ1v) is 11.9. The lowest BCUT2D eigenvalue weighted by Crippen LogP contribution is -2.24. The van der Waals surface area contributed by atoms with Crippen molar-refractivity contribution in [2.24, 2.45) is 0 Å². The van der Waals surface area contributed by atoms with Gasteiger partial charge in [-0.15, -0.1) is 0 Å². The highest BCUT2D eigenvalue weighted by Gasteiger charge is 2.23. The Bertz CT molecular complexity index is 1250. The van der Waals surface area contributed by atoms with Gasteiger partial charge in [-0.3, -0.25) is 14.2 Å². The van der Waals surface area contributed by atoms with Crippen LogP contribution in [0.3, 0.4) is 0 Å². The molecule has 0 spiro atoms. The third-order valence-electron chi connectivity index (χ3n) is 5.14. The first-order valence-electron chi connectivity index (χ1n) is 10.5. The summed E-state index contributed by atoms with van der Waals surface area (Å²) < 4.78 is 11.7. The number of thioether (sulfide) groups is 1. The van der Waals surface area contributed by atoms with Gasteiger partial charge in [0.1, 0.15) is 5.69 Å². The van der Waals surface area contributed by atoms with Crippen molar-refractivity contribution in [3.63, 3.8) is 0 Å². The van der Waals surface area contributed by atoms with Gasteiger partial charge in [-0.25, -0.2) is 9.78 Å². The number of hydrogen-bond acceptors (Lipinski definition) is 7. The van der Waals surface area contributed by atoms with E-state index in [0.29, 0.717) is 57.5 Å². The van der Waals surface area contributed by atoms with Crippen LogP contribution in [0, 0.1) is 13.8 Å². The van der Waals surface area contributed by atoms with Crippen molar-refractivity contribution in [2.45, 2.75) is 38.9 Å². The molecule has 0 saturated heterocycles. The Morgan fingerprint density at radius 2 is 2.03 bits per heavy atom. The minimum absolute atomic E-state index is 0.0462. The van der Waals surface area contributed by atoms with E-state index in [1.165, 1.54) is 11.8 Å². The molecule has 8 nitrogen and oxygen atoms in total. The van der Waals surface area contributed by atoms with Crippen molar-refractivity contribution in [3.8, 4) is 0 Å². The first kappa shape index (κ1) is 25.0. The molecule has 33 heavy (non-hydrogen) atoms. The third kappa shape index (κ3) is 5.48. The molecule has 0 aliphatic carbocycles. The molecule has 0 saturated carbocycles. The summed E-state index contributed by atoms with van der Waals surface area (Å²) in [5.74, 6) is -0.625. The Morgan fingerprint density at radius 3 is 2.73 bits per heavy atom. The number of methoxy groups -OCH3 is 1. The lowest BCUT2D eigenvalue weighted by molar-refractivity contribution is 0.0519. The molecule has 0 bridgehead atoms. The van der Waals surface area contributed by atoms with E-state index in [1.54, 1.807) is 50.6 Å². The molecular formula is C23H26ClN3O5S. The summed E-state index contributed by atoms with van der Waals surface area (Å²) in [6, 6.07) is 4.94. The van der Waals surface area contributed by atoms with Crippen LogP contribution in [0.15, 0.2) is 28.2 Å². The number of esters is 1. The van der Waals surface area contributed by atoms with E-state index in [0.717, 1.165) is 0 Å². The molecule has 0 aliphatic heterocycles. The average molecular weight is 492 g/mol. The fraction of sp³-hybridized carbons (Fsp3) is 0.391. The van der Waals surface area contributed by atoms with Gasteiger partial charge in [-0.2, -0.15) is 0 Å². The Morgan fingerprint density at radius 1 is 1.27 bits per heavy atom. The van der Waals surface area contributed by atoms with Crippen molar-refractivity contribution < 1.29 is 19.1 Å². The number of carbonyl (C=O) groups is 2. The zero-order valence-electron chi connectivity index (χ0n) is 19.0. The number of halogens is 1. The number of carbonyl (C=O) groups excluding carboxylic acids is 2. The smallest absolute Gasteiger partial charge is 0.355 e. The van der Waals surface area contributed by atoms with Gasteiger partial charge >= 0.3 is 5.97 Å². The van der Waals surface area contributed by atoms with Crippen molar-refractivity contribution >= 4 is 46.0 Å². The highest BCUT2D eigenvalue weighted by molar-refractivity contribution is 7.99. The van der Waals surface area contributed by atoms with Crippen molar-refractivity contribution in [2.75, 3.05) is 26.1 Å². The number of aromatic amines is 1. The summed E-state index contributed by atoms with van der Waals surface area (Å²) in [7, 11) is 1.60. The van der Waals surface area contributed by atoms with Crippen molar-refractivity contribution in [3.05, 3.63) is 56.1 Å². The van der Waals surface area contributed by atoms with E-state index in [-0.39, 0.29) is 29.4 Å². The largest absolute Gasteiger partial charge is 0.461 e. The topological polar surface area (TPSA) is 103 Å². The predicted molar refractivity (Wildman–Crippen MR) is 129 cm³/mol. The Balaban J connectivity index is 1.91. The molecule has 1 aromatic carbocycles. The summed E-state index contributed by atoms with van der Waals surface area (Å²) in [4.78, 5) is 45.9. The number of Topliss-reactive ketones (excluding diaryl/α,β-unsaturated/α-hetero) is 1. The standard InChI is InChI=1S/C23H26ClN3O5S/c1-5-32-22(30)20-13(2)19(14(3)25-20)18(28)12-33-23-26-17-11-15(24)7-8-16(17)21(29)27(23)9-6-10-31-4/h7-8,11,25H,5-6,9-10,12H2,1-4H3. The number of H-pyrrole nitrogens is 1. The number of hydrogen-bond donors (Lipinski definition) is 1. The Kier molecular flexibility index (Phi) is 8.34. The van der Waals surface area contributed by atoms with Gasteiger partial charge in [0.15, 0.2) is 10.9 Å². The van der Waals surface area contributed by atoms with Crippen LogP contribution >= 0.6 is 23.4 Å². The SMILES string of the molecule is CCOC(=O)c1[nH]c(C)c(C(=O)CSc2nc3cc(Cl)ccc3c(=O)n2CCCOC)c1C. The van der Waals surface area contributed by atoms with Crippen LogP contribution < -0.4 is 5.56 Å². The summed E-state index contributed by atoms with van der Waals surface area (Å²) in [6.07, 6.45) is 0.623. The van der Waals surface area contributed by atoms with Gasteiger partial charge < -0.3 is 14.5 Å². The fourth-order valence-electron chi connectivity index (χ4n) is 3.63. The Hall–Kier alpha value is -2.62. The van der Waals surface area contributed by atoms with Gasteiger partial charge in [0.05, 0.1) is 23.3 Å². The fourth-order valence-corrected chi connectivity index (χ4v) is 4.69. The monoisotopic (exact) mass is 491 g/mol. The zero-order valence-corrected chi connectivity index (χ0v) is 20.6. The molecule has 10 heteroatoms. The Labute approximate surface area is 200 Å². The van der Waals surface area contributed by atoms with E-state index in [1.807, 2.05) is 0 Å². The molecule has 0 fully saturated rings. The normalized spacial score (nSPS) is 11.2. The minimum atomic E-state index is -0.496. The van der Waals surface area contributed by atoms with Gasteiger partial charge in [-0.05, 0) is 51.0 Å². The summed E-state index contributed by atoms with van der Waals surface area (Å²) in [5.41, 5.74) is 2.15. The molecule has 3 rings (SSSR count). The molecular weight excluding hydrogens is 466 g/mol. The summed E-state index contributed by atoms with van der Waals surface area (Å²) >= 11 is 7.27. The number of benzene rings is 1. The van der Waals surface area contributed by atoms with Gasteiger partial charge in [0.25, 0.3) is 5.56 Å². The molecule has 176 valence electrons. The van der Waals surface area contributed by atoms with Crippen LogP contribution in [-0.4, -0.2) is 52.4 Å². The van der Waals surface area contributed by atoms with E-state index in [2.05, 4.69) is 9.97 Å². The third-order valence-corrected chi connectivity index (χ3v) is 6.35. The number of ketones is 1. The van der Waals surface area contributed by atoms with Crippen LogP contribution in [0.5, 0.6) is 0 Å². The van der Waals surface area contributed by atoms with Crippen LogP contribution in [0.4, 0.5) is 0 Å². The maximum Gasteiger partial charge on any atom is 0.355 e. The van der Waals surface area contributed by atoms with Gasteiger partial charge in [0, 0.05) is 36.5 Å². The lowest BCUT2D eigenvalue weighted by atomic mass is 10.1. The number of fused-ring (bicyclic) bond motifs is 1. The quantitative estimate of drug-likeness (QED) is 0.149. The molecule has 0 radical (unpaired) electrons. The number of ether oxygens (including phenoxy) is 2. The van der Waals surface area contributed by atoms with Crippen molar-refractivity contribution in [1.82, 2.24) is 14.5 Å². The molecule has 2 aromatic heterocycles. The molecule has 0 amide bonds. The summed E-state index contributed by atoms with van der Waals surface area (Å²) in [5, 5.41) is 1.36. The lowest BCUT2D eigenvalue weighted by Gasteiger charge is -2.13. The molecule has 1 N–H and O–H groups in total. The molecule has 0 aliphatic rings. The zero-order chi connectivity index (χ0) is 24.1. The van der Waals surface area contributed by atoms with Crippen LogP contribution in [0.2, 0.25) is 5.02 Å². The summed E-state index contributed by atoms with van der Waals surface area (Å²) in [6.45, 7) is 6.32. The minimum Gasteiger partial charge on any atom is -0.461 e. The second-order valence-corrected chi connectivity index (χ2v) is 8.80. The maximum absolute atomic E-state index is 13.1. The van der Waals surface area contributed by atoms with Crippen molar-refractivity contribution in [1.29, 1.82) is 0 Å². The van der Waals surface area contributed by atoms with Gasteiger partial charge in [0.2, 0.25) is 0 Å². The molecule has 2 heterocycles. The van der Waals surface area contributed by atoms with Crippen LogP contribution in [0.25, 0.3) is 10.9 Å². The second kappa shape index (κ2) is 11.0. The first-order chi connectivity index (χ1) is 15.8. The number of rotatable bonds is 10. The highest BCUT2D eigenvalue weighted by Crippen LogP contribution is 2.25. The predicted octanol–water partition coefficient (Wildman–Crippen LogP) is 4.18. The van der Waals surface area contributed by atoms with E-state index >= 15 is 0 Å². The highest BCUT2D eigenvalue weighted by atomic mass is 35.5. The van der Waals surface area contributed by atoms with E-state index < -0.39 is 5.97 Å². The molecule has 3 aromatic rings. The van der Waals surface area contributed by atoms with Gasteiger partial charge in [-0.1, -0.05) is 23.4 Å². The molecule has 0 atom stereocenters.